The normalized spacial score (nSPS) is 11.4. The van der Waals surface area contributed by atoms with Crippen LogP contribution in [0.25, 0.3) is 6.08 Å². The minimum Gasteiger partial charge on any atom is -0.507 e. The van der Waals surface area contributed by atoms with Crippen molar-refractivity contribution in [2.24, 2.45) is 0 Å². The standard InChI is InChI=1S/C16H21NO6/c1-16(2,3)23-15(22)17-7-5-4-6-11-12(18)8-10(14(20)21)9-13(11)19/h4,6,8-9,18-19H,5,7H2,1-3H3,(H,17,22)(H,20,21). The highest BCUT2D eigenvalue weighted by Gasteiger charge is 2.15. The number of nitrogens with one attached hydrogen (secondary N) is 1. The maximum Gasteiger partial charge on any atom is 0.407 e. The number of carboxylic acid groups (broad SMARTS) is 1. The molecule has 126 valence electrons. The highest BCUT2D eigenvalue weighted by molar-refractivity contribution is 5.89. The van der Waals surface area contributed by atoms with Gasteiger partial charge >= 0.3 is 12.1 Å². The van der Waals surface area contributed by atoms with Crippen molar-refractivity contribution in [1.82, 2.24) is 5.32 Å². The minimum absolute atomic E-state index is 0.118. The molecular formula is C16H21NO6. The first kappa shape index (κ1) is 18.3. The number of carbonyl (C=O) groups is 2. The van der Waals surface area contributed by atoms with Gasteiger partial charge in [0, 0.05) is 6.54 Å². The van der Waals surface area contributed by atoms with Gasteiger partial charge in [-0.25, -0.2) is 9.59 Å². The van der Waals surface area contributed by atoms with Crippen LogP contribution in [0.2, 0.25) is 0 Å². The fraction of sp³-hybridized carbons (Fsp3) is 0.375. The number of aromatic carboxylic acids is 1. The smallest absolute Gasteiger partial charge is 0.407 e. The first-order valence-corrected chi connectivity index (χ1v) is 7.03. The SMILES string of the molecule is CC(C)(C)OC(=O)NCCC=Cc1c(O)cc(C(=O)O)cc1O. The summed E-state index contributed by atoms with van der Waals surface area (Å²) in [6.45, 7) is 5.61. The second kappa shape index (κ2) is 7.53. The quantitative estimate of drug-likeness (QED) is 0.619. The summed E-state index contributed by atoms with van der Waals surface area (Å²) >= 11 is 0. The number of alkyl carbamates (subject to hydrolysis) is 1. The molecule has 4 N–H and O–H groups in total. The van der Waals surface area contributed by atoms with Gasteiger partial charge in [-0.3, -0.25) is 0 Å². The Kier molecular flexibility index (Phi) is 6.01. The molecule has 0 spiro atoms. The van der Waals surface area contributed by atoms with Crippen LogP contribution >= 0.6 is 0 Å². The number of phenols is 2. The maximum absolute atomic E-state index is 11.4. The molecule has 0 aliphatic carbocycles. The molecule has 0 saturated heterocycles. The van der Waals surface area contributed by atoms with E-state index in [1.807, 2.05) is 0 Å². The number of phenolic OH excluding ortho intramolecular Hbond substituents is 2. The summed E-state index contributed by atoms with van der Waals surface area (Å²) in [7, 11) is 0. The summed E-state index contributed by atoms with van der Waals surface area (Å²) in [5, 5.41) is 30.8. The molecule has 0 unspecified atom stereocenters. The third-order valence-corrected chi connectivity index (χ3v) is 2.65. The number of aromatic hydroxyl groups is 2. The van der Waals surface area contributed by atoms with E-state index in [1.165, 1.54) is 6.08 Å². The van der Waals surface area contributed by atoms with E-state index in [1.54, 1.807) is 26.8 Å². The van der Waals surface area contributed by atoms with Crippen molar-refractivity contribution in [3.63, 3.8) is 0 Å². The summed E-state index contributed by atoms with van der Waals surface area (Å²) in [4.78, 5) is 22.2. The molecule has 0 aromatic heterocycles. The molecule has 0 fully saturated rings. The van der Waals surface area contributed by atoms with Gasteiger partial charge in [0.15, 0.2) is 0 Å². The van der Waals surface area contributed by atoms with E-state index < -0.39 is 17.7 Å². The van der Waals surface area contributed by atoms with Crippen molar-refractivity contribution >= 4 is 18.1 Å². The highest BCUT2D eigenvalue weighted by Crippen LogP contribution is 2.30. The lowest BCUT2D eigenvalue weighted by atomic mass is 10.1. The summed E-state index contributed by atoms with van der Waals surface area (Å²) in [6, 6.07) is 2.11. The lowest BCUT2D eigenvalue weighted by Crippen LogP contribution is -2.32. The summed E-state index contributed by atoms with van der Waals surface area (Å²) < 4.78 is 5.07. The molecule has 0 atom stereocenters. The van der Waals surface area contributed by atoms with Crippen molar-refractivity contribution < 1.29 is 29.6 Å². The third-order valence-electron chi connectivity index (χ3n) is 2.65. The molecule has 23 heavy (non-hydrogen) atoms. The Bertz CT molecular complexity index is 592. The molecule has 1 amide bonds. The molecule has 7 heteroatoms. The number of hydrogen-bond acceptors (Lipinski definition) is 5. The third kappa shape index (κ3) is 6.29. The first-order valence-electron chi connectivity index (χ1n) is 7.03. The van der Waals surface area contributed by atoms with Crippen LogP contribution in [-0.2, 0) is 4.74 Å². The molecular weight excluding hydrogens is 302 g/mol. The number of carboxylic acids is 1. The molecule has 1 aromatic rings. The van der Waals surface area contributed by atoms with Gasteiger partial charge in [-0.1, -0.05) is 12.2 Å². The summed E-state index contributed by atoms with van der Waals surface area (Å²) in [6.07, 6.45) is 3.00. The van der Waals surface area contributed by atoms with E-state index in [0.717, 1.165) is 12.1 Å². The number of ether oxygens (including phenoxy) is 1. The molecule has 0 saturated carbocycles. The Morgan fingerprint density at radius 2 is 1.78 bits per heavy atom. The van der Waals surface area contributed by atoms with E-state index in [4.69, 9.17) is 9.84 Å². The molecule has 1 rings (SSSR count). The van der Waals surface area contributed by atoms with Gasteiger partial charge in [0.25, 0.3) is 0 Å². The zero-order valence-electron chi connectivity index (χ0n) is 13.3. The molecule has 0 bridgehead atoms. The Labute approximate surface area is 134 Å². The van der Waals surface area contributed by atoms with E-state index in [9.17, 15) is 19.8 Å². The van der Waals surface area contributed by atoms with Crippen molar-refractivity contribution in [3.05, 3.63) is 29.3 Å². The van der Waals surface area contributed by atoms with Crippen molar-refractivity contribution in [1.29, 1.82) is 0 Å². The summed E-state index contributed by atoms with van der Waals surface area (Å²) in [5.74, 6) is -1.91. The fourth-order valence-corrected chi connectivity index (χ4v) is 1.69. The second-order valence-corrected chi connectivity index (χ2v) is 5.85. The Morgan fingerprint density at radius 1 is 1.22 bits per heavy atom. The van der Waals surface area contributed by atoms with Gasteiger partial charge in [-0.15, -0.1) is 0 Å². The van der Waals surface area contributed by atoms with Crippen LogP contribution in [0.5, 0.6) is 11.5 Å². The number of rotatable bonds is 5. The van der Waals surface area contributed by atoms with Gasteiger partial charge in [0.2, 0.25) is 0 Å². The lowest BCUT2D eigenvalue weighted by molar-refractivity contribution is 0.0528. The zero-order valence-corrected chi connectivity index (χ0v) is 13.3. The van der Waals surface area contributed by atoms with Gasteiger partial charge in [0.05, 0.1) is 11.1 Å². The largest absolute Gasteiger partial charge is 0.507 e. The predicted octanol–water partition coefficient (Wildman–Crippen LogP) is 2.72. The molecule has 7 nitrogen and oxygen atoms in total. The number of carbonyl (C=O) groups excluding carboxylic acids is 1. The van der Waals surface area contributed by atoms with Gasteiger partial charge in [-0.05, 0) is 39.3 Å². The Hall–Kier alpha value is -2.70. The van der Waals surface area contributed by atoms with Gasteiger partial charge < -0.3 is 25.4 Å². The zero-order chi connectivity index (χ0) is 17.6. The summed E-state index contributed by atoms with van der Waals surface area (Å²) in [5.41, 5.74) is -0.653. The molecule has 0 heterocycles. The highest BCUT2D eigenvalue weighted by atomic mass is 16.6. The monoisotopic (exact) mass is 323 g/mol. The van der Waals surface area contributed by atoms with E-state index in [0.29, 0.717) is 13.0 Å². The fourth-order valence-electron chi connectivity index (χ4n) is 1.69. The second-order valence-electron chi connectivity index (χ2n) is 5.85. The van der Waals surface area contributed by atoms with Crippen LogP contribution in [0.15, 0.2) is 18.2 Å². The molecule has 0 aliphatic rings. The topological polar surface area (TPSA) is 116 Å². The molecule has 0 radical (unpaired) electrons. The van der Waals surface area contributed by atoms with Crippen LogP contribution < -0.4 is 5.32 Å². The predicted molar refractivity (Wildman–Crippen MR) is 84.6 cm³/mol. The minimum atomic E-state index is -1.24. The molecule has 1 aromatic carbocycles. The van der Waals surface area contributed by atoms with Crippen LogP contribution in [0.4, 0.5) is 4.79 Å². The van der Waals surface area contributed by atoms with Gasteiger partial charge in [0.1, 0.15) is 17.1 Å². The van der Waals surface area contributed by atoms with Crippen molar-refractivity contribution in [2.45, 2.75) is 32.8 Å². The number of benzene rings is 1. The average Bonchev–Trinajstić information content (AvgIpc) is 2.38. The average molecular weight is 323 g/mol. The van der Waals surface area contributed by atoms with Crippen LogP contribution in [-0.4, -0.2) is 39.5 Å². The Morgan fingerprint density at radius 3 is 2.26 bits per heavy atom. The Balaban J connectivity index is 2.56. The van der Waals surface area contributed by atoms with Crippen LogP contribution in [0.3, 0.4) is 0 Å². The van der Waals surface area contributed by atoms with Gasteiger partial charge in [-0.2, -0.15) is 0 Å². The first-order chi connectivity index (χ1) is 10.6. The van der Waals surface area contributed by atoms with Crippen molar-refractivity contribution in [3.8, 4) is 11.5 Å². The molecule has 0 aliphatic heterocycles. The van der Waals surface area contributed by atoms with E-state index in [-0.39, 0.29) is 22.6 Å². The number of hydrogen-bond donors (Lipinski definition) is 4. The lowest BCUT2D eigenvalue weighted by Gasteiger charge is -2.19. The van der Waals surface area contributed by atoms with E-state index >= 15 is 0 Å². The number of amides is 1. The maximum atomic E-state index is 11.4. The van der Waals surface area contributed by atoms with E-state index in [2.05, 4.69) is 5.32 Å². The van der Waals surface area contributed by atoms with Crippen LogP contribution in [0, 0.1) is 0 Å². The van der Waals surface area contributed by atoms with Crippen molar-refractivity contribution in [2.75, 3.05) is 6.54 Å². The van der Waals surface area contributed by atoms with Crippen LogP contribution in [0.1, 0.15) is 43.1 Å².